The normalized spacial score (nSPS) is 23.1. The molecule has 7 heteroatoms. The van der Waals surface area contributed by atoms with Gasteiger partial charge in [0, 0.05) is 12.5 Å². The summed E-state index contributed by atoms with van der Waals surface area (Å²) in [6.07, 6.45) is 5.29. The Morgan fingerprint density at radius 3 is 3.11 bits per heavy atom. The standard InChI is InChI=1S/C12H18N6O/c1-8-2-3-9(6-8)11-14-12(19-16-11)10-7-18(5-4-13)17-15-10/h7-9H,2-6,13H2,1H3. The van der Waals surface area contributed by atoms with Gasteiger partial charge in [-0.05, 0) is 25.2 Å². The van der Waals surface area contributed by atoms with Gasteiger partial charge in [-0.1, -0.05) is 17.3 Å². The smallest absolute Gasteiger partial charge is 0.280 e. The SMILES string of the molecule is CC1CCC(c2noc(-c3cn(CCN)nn3)n2)C1. The van der Waals surface area contributed by atoms with Gasteiger partial charge in [0.15, 0.2) is 11.5 Å². The summed E-state index contributed by atoms with van der Waals surface area (Å²) in [5.74, 6) is 2.41. The minimum absolute atomic E-state index is 0.423. The molecule has 1 aliphatic carbocycles. The monoisotopic (exact) mass is 262 g/mol. The second-order valence-electron chi connectivity index (χ2n) is 5.23. The molecule has 0 aliphatic heterocycles. The van der Waals surface area contributed by atoms with E-state index in [0.717, 1.165) is 24.6 Å². The van der Waals surface area contributed by atoms with Crippen LogP contribution in [-0.4, -0.2) is 31.7 Å². The number of nitrogens with zero attached hydrogens (tertiary/aromatic N) is 5. The van der Waals surface area contributed by atoms with Gasteiger partial charge in [0.05, 0.1) is 12.7 Å². The number of rotatable bonds is 4. The molecule has 0 radical (unpaired) electrons. The van der Waals surface area contributed by atoms with E-state index in [-0.39, 0.29) is 0 Å². The van der Waals surface area contributed by atoms with Crippen molar-refractivity contribution in [1.29, 1.82) is 0 Å². The first kappa shape index (κ1) is 12.3. The third-order valence-corrected chi connectivity index (χ3v) is 3.62. The zero-order valence-electron chi connectivity index (χ0n) is 11.0. The zero-order chi connectivity index (χ0) is 13.2. The van der Waals surface area contributed by atoms with Crippen LogP contribution >= 0.6 is 0 Å². The van der Waals surface area contributed by atoms with Crippen LogP contribution < -0.4 is 5.73 Å². The first-order chi connectivity index (χ1) is 9.26. The fourth-order valence-corrected chi connectivity index (χ4v) is 2.58. The number of aromatic nitrogens is 5. The lowest BCUT2D eigenvalue weighted by atomic mass is 10.1. The maximum atomic E-state index is 5.47. The maximum Gasteiger partial charge on any atom is 0.280 e. The Labute approximate surface area is 111 Å². The highest BCUT2D eigenvalue weighted by Crippen LogP contribution is 2.36. The highest BCUT2D eigenvalue weighted by molar-refractivity contribution is 5.43. The van der Waals surface area contributed by atoms with E-state index < -0.39 is 0 Å². The quantitative estimate of drug-likeness (QED) is 0.889. The third kappa shape index (κ3) is 2.51. The van der Waals surface area contributed by atoms with Crippen molar-refractivity contribution in [2.45, 2.75) is 38.6 Å². The van der Waals surface area contributed by atoms with Crippen LogP contribution in [0.15, 0.2) is 10.7 Å². The molecule has 0 aromatic carbocycles. The van der Waals surface area contributed by atoms with Crippen LogP contribution in [0.2, 0.25) is 0 Å². The van der Waals surface area contributed by atoms with Crippen LogP contribution in [0.3, 0.4) is 0 Å². The Bertz CT molecular complexity index is 548. The van der Waals surface area contributed by atoms with E-state index in [2.05, 4.69) is 27.4 Å². The number of hydrogen-bond donors (Lipinski definition) is 1. The van der Waals surface area contributed by atoms with E-state index in [4.69, 9.17) is 10.3 Å². The van der Waals surface area contributed by atoms with Crippen molar-refractivity contribution in [1.82, 2.24) is 25.1 Å². The van der Waals surface area contributed by atoms with Crippen molar-refractivity contribution < 1.29 is 4.52 Å². The number of hydrogen-bond acceptors (Lipinski definition) is 6. The van der Waals surface area contributed by atoms with E-state index >= 15 is 0 Å². The Morgan fingerprint density at radius 1 is 1.47 bits per heavy atom. The molecule has 2 N–H and O–H groups in total. The molecule has 0 spiro atoms. The summed E-state index contributed by atoms with van der Waals surface area (Å²) < 4.78 is 6.96. The van der Waals surface area contributed by atoms with Crippen LogP contribution in [0, 0.1) is 5.92 Å². The topological polar surface area (TPSA) is 95.7 Å². The molecule has 2 unspecified atom stereocenters. The van der Waals surface area contributed by atoms with Gasteiger partial charge in [-0.3, -0.25) is 4.68 Å². The van der Waals surface area contributed by atoms with Crippen molar-refractivity contribution in [2.75, 3.05) is 6.54 Å². The largest absolute Gasteiger partial charge is 0.332 e. The van der Waals surface area contributed by atoms with Crippen molar-refractivity contribution in [3.05, 3.63) is 12.0 Å². The summed E-state index contributed by atoms with van der Waals surface area (Å²) in [6.45, 7) is 3.42. The van der Waals surface area contributed by atoms with Crippen LogP contribution in [0.4, 0.5) is 0 Å². The Balaban J connectivity index is 1.76. The summed E-state index contributed by atoms with van der Waals surface area (Å²) in [6, 6.07) is 0. The van der Waals surface area contributed by atoms with Crippen LogP contribution in [0.5, 0.6) is 0 Å². The molecule has 3 rings (SSSR count). The minimum Gasteiger partial charge on any atom is -0.332 e. The first-order valence-corrected chi connectivity index (χ1v) is 6.70. The highest BCUT2D eigenvalue weighted by atomic mass is 16.5. The summed E-state index contributed by atoms with van der Waals surface area (Å²) >= 11 is 0. The average molecular weight is 262 g/mol. The number of nitrogens with two attached hydrogens (primary N) is 1. The summed E-state index contributed by atoms with van der Waals surface area (Å²) in [4.78, 5) is 4.45. The van der Waals surface area contributed by atoms with E-state index in [1.165, 1.54) is 6.42 Å². The fourth-order valence-electron chi connectivity index (χ4n) is 2.58. The van der Waals surface area contributed by atoms with Gasteiger partial charge in [0.25, 0.3) is 5.89 Å². The van der Waals surface area contributed by atoms with Crippen LogP contribution in [-0.2, 0) is 6.54 Å². The lowest BCUT2D eigenvalue weighted by Crippen LogP contribution is -2.10. The predicted octanol–water partition coefficient (Wildman–Crippen LogP) is 1.19. The van der Waals surface area contributed by atoms with E-state index in [1.807, 2.05) is 0 Å². The van der Waals surface area contributed by atoms with Crippen LogP contribution in [0.25, 0.3) is 11.6 Å². The van der Waals surface area contributed by atoms with Crippen molar-refractivity contribution in [3.8, 4) is 11.6 Å². The van der Waals surface area contributed by atoms with Gasteiger partial charge in [-0.2, -0.15) is 4.98 Å². The summed E-state index contributed by atoms with van der Waals surface area (Å²) in [5.41, 5.74) is 6.08. The van der Waals surface area contributed by atoms with E-state index in [1.54, 1.807) is 10.9 Å². The molecule has 102 valence electrons. The lowest BCUT2D eigenvalue weighted by molar-refractivity contribution is 0.413. The Morgan fingerprint density at radius 2 is 2.37 bits per heavy atom. The van der Waals surface area contributed by atoms with Crippen LogP contribution in [0.1, 0.15) is 37.9 Å². The van der Waals surface area contributed by atoms with Gasteiger partial charge >= 0.3 is 0 Å². The molecule has 0 bridgehead atoms. The molecule has 19 heavy (non-hydrogen) atoms. The maximum absolute atomic E-state index is 5.47. The molecule has 1 saturated carbocycles. The first-order valence-electron chi connectivity index (χ1n) is 6.70. The Kier molecular flexibility index (Phi) is 3.29. The van der Waals surface area contributed by atoms with Gasteiger partial charge < -0.3 is 10.3 Å². The van der Waals surface area contributed by atoms with Gasteiger partial charge in [-0.15, -0.1) is 5.10 Å². The molecular weight excluding hydrogens is 244 g/mol. The second-order valence-corrected chi connectivity index (χ2v) is 5.23. The molecule has 2 heterocycles. The molecule has 0 saturated heterocycles. The molecule has 2 aromatic rings. The van der Waals surface area contributed by atoms with Crippen molar-refractivity contribution in [2.24, 2.45) is 11.7 Å². The lowest BCUT2D eigenvalue weighted by Gasteiger charge is -2.01. The Hall–Kier alpha value is -1.76. The molecule has 1 fully saturated rings. The highest BCUT2D eigenvalue weighted by Gasteiger charge is 2.27. The molecule has 2 atom stereocenters. The summed E-state index contributed by atoms with van der Waals surface area (Å²) in [7, 11) is 0. The fraction of sp³-hybridized carbons (Fsp3) is 0.667. The molecule has 2 aromatic heterocycles. The predicted molar refractivity (Wildman–Crippen MR) is 68.1 cm³/mol. The van der Waals surface area contributed by atoms with Gasteiger partial charge in [-0.25, -0.2) is 0 Å². The third-order valence-electron chi connectivity index (χ3n) is 3.62. The van der Waals surface area contributed by atoms with Gasteiger partial charge in [0.1, 0.15) is 0 Å². The zero-order valence-corrected chi connectivity index (χ0v) is 11.0. The minimum atomic E-state index is 0.423. The molecule has 0 amide bonds. The second kappa shape index (κ2) is 5.08. The molecule has 7 nitrogen and oxygen atoms in total. The molecular formula is C12H18N6O. The van der Waals surface area contributed by atoms with E-state index in [9.17, 15) is 0 Å². The van der Waals surface area contributed by atoms with Gasteiger partial charge in [0.2, 0.25) is 0 Å². The van der Waals surface area contributed by atoms with Crippen molar-refractivity contribution in [3.63, 3.8) is 0 Å². The summed E-state index contributed by atoms with van der Waals surface area (Å²) in [5, 5.41) is 12.1. The average Bonchev–Trinajstić information content (AvgIpc) is 3.07. The van der Waals surface area contributed by atoms with Crippen molar-refractivity contribution >= 4 is 0 Å². The molecule has 1 aliphatic rings. The van der Waals surface area contributed by atoms with E-state index in [0.29, 0.717) is 30.6 Å².